The van der Waals surface area contributed by atoms with Crippen molar-refractivity contribution in [2.45, 2.75) is 31.2 Å². The first kappa shape index (κ1) is 26.1. The third-order valence-electron chi connectivity index (χ3n) is 6.42. The maximum Gasteiger partial charge on any atom is 0.330 e. The van der Waals surface area contributed by atoms with E-state index in [-0.39, 0.29) is 16.7 Å². The minimum atomic E-state index is -4.22. The first-order chi connectivity index (χ1) is 17.5. The summed E-state index contributed by atoms with van der Waals surface area (Å²) in [5, 5.41) is 2.88. The van der Waals surface area contributed by atoms with Crippen molar-refractivity contribution in [1.82, 2.24) is 13.9 Å². The number of amides is 1. The molecule has 4 aromatic rings. The Bertz CT molecular complexity index is 1720. The maximum atomic E-state index is 13.4. The summed E-state index contributed by atoms with van der Waals surface area (Å²) < 4.78 is 31.5. The van der Waals surface area contributed by atoms with Gasteiger partial charge in [0, 0.05) is 19.8 Å². The Labute approximate surface area is 214 Å². The van der Waals surface area contributed by atoms with E-state index in [0.29, 0.717) is 11.2 Å². The van der Waals surface area contributed by atoms with Gasteiger partial charge >= 0.3 is 5.69 Å². The van der Waals surface area contributed by atoms with Crippen molar-refractivity contribution in [3.05, 3.63) is 104 Å². The van der Waals surface area contributed by atoms with Crippen molar-refractivity contribution in [3.63, 3.8) is 0 Å². The van der Waals surface area contributed by atoms with Gasteiger partial charge in [-0.2, -0.15) is 4.72 Å². The Kier molecular flexibility index (Phi) is 7.15. The Balaban J connectivity index is 1.70. The zero-order chi connectivity index (χ0) is 26.9. The van der Waals surface area contributed by atoms with E-state index < -0.39 is 33.2 Å². The van der Waals surface area contributed by atoms with E-state index in [1.165, 1.54) is 36.9 Å². The van der Waals surface area contributed by atoms with Gasteiger partial charge in [0.25, 0.3) is 5.56 Å². The zero-order valence-corrected chi connectivity index (χ0v) is 21.8. The van der Waals surface area contributed by atoms with Crippen molar-refractivity contribution in [2.75, 3.05) is 5.32 Å². The van der Waals surface area contributed by atoms with E-state index in [4.69, 9.17) is 0 Å². The molecular weight excluding hydrogens is 492 g/mol. The Morgan fingerprint density at radius 2 is 1.59 bits per heavy atom. The molecule has 0 saturated heterocycles. The average Bonchev–Trinajstić information content (AvgIpc) is 2.88. The van der Waals surface area contributed by atoms with Crippen LogP contribution in [0.3, 0.4) is 0 Å². The topological polar surface area (TPSA) is 119 Å². The van der Waals surface area contributed by atoms with Crippen molar-refractivity contribution in [2.24, 2.45) is 14.1 Å². The largest absolute Gasteiger partial charge is 0.330 e. The van der Waals surface area contributed by atoms with Gasteiger partial charge < -0.3 is 5.32 Å². The first-order valence-electron chi connectivity index (χ1n) is 11.6. The minimum absolute atomic E-state index is 0.0756. The van der Waals surface area contributed by atoms with Gasteiger partial charge in [-0.25, -0.2) is 13.2 Å². The molecule has 4 rings (SSSR count). The molecule has 0 unspecified atom stereocenters. The smallest absolute Gasteiger partial charge is 0.325 e. The number of aryl methyl sites for hydroxylation is 3. The number of anilines is 1. The SMILES string of the molecule is Cc1ccc(NC(=O)[C@H](Cc2ccccc2)NS(=O)(=O)c2ccc3c(c2)c(=O)n(C)c(=O)n3C)cc1C. The quantitative estimate of drug-likeness (QED) is 0.388. The number of hydrogen-bond acceptors (Lipinski definition) is 5. The van der Waals surface area contributed by atoms with E-state index >= 15 is 0 Å². The highest BCUT2D eigenvalue weighted by Crippen LogP contribution is 2.18. The van der Waals surface area contributed by atoms with Crippen LogP contribution in [0.4, 0.5) is 5.69 Å². The molecule has 0 aliphatic heterocycles. The average molecular weight is 521 g/mol. The first-order valence-corrected chi connectivity index (χ1v) is 13.1. The van der Waals surface area contributed by atoms with E-state index in [2.05, 4.69) is 10.0 Å². The lowest BCUT2D eigenvalue weighted by molar-refractivity contribution is -0.117. The monoisotopic (exact) mass is 520 g/mol. The molecule has 10 heteroatoms. The number of hydrogen-bond donors (Lipinski definition) is 2. The zero-order valence-electron chi connectivity index (χ0n) is 21.0. The van der Waals surface area contributed by atoms with Crippen LogP contribution in [0.2, 0.25) is 0 Å². The maximum absolute atomic E-state index is 13.4. The molecule has 192 valence electrons. The van der Waals surface area contributed by atoms with Crippen molar-refractivity contribution >= 4 is 32.5 Å². The standard InChI is InChI=1S/C27H28N4O5S/c1-17-10-11-20(14-18(17)2)28-25(32)23(15-19-8-6-5-7-9-19)29-37(35,36)21-12-13-24-22(16-21)26(33)31(4)27(34)30(24)3/h5-14,16,23,29H,15H2,1-4H3,(H,28,32)/t23-/m0/s1. The third kappa shape index (κ3) is 5.40. The number of carbonyl (C=O) groups is 1. The highest BCUT2D eigenvalue weighted by molar-refractivity contribution is 7.89. The number of rotatable bonds is 7. The number of nitrogens with zero attached hydrogens (tertiary/aromatic N) is 2. The molecule has 0 bridgehead atoms. The van der Waals surface area contributed by atoms with Crippen LogP contribution in [0.5, 0.6) is 0 Å². The molecule has 0 fully saturated rings. The van der Waals surface area contributed by atoms with Crippen LogP contribution < -0.4 is 21.3 Å². The molecule has 0 saturated carbocycles. The minimum Gasteiger partial charge on any atom is -0.325 e. The highest BCUT2D eigenvalue weighted by atomic mass is 32.2. The van der Waals surface area contributed by atoms with Crippen LogP contribution >= 0.6 is 0 Å². The number of sulfonamides is 1. The fourth-order valence-electron chi connectivity index (χ4n) is 4.08. The van der Waals surface area contributed by atoms with Crippen LogP contribution in [-0.2, 0) is 35.3 Å². The lowest BCUT2D eigenvalue weighted by Crippen LogP contribution is -2.45. The lowest BCUT2D eigenvalue weighted by atomic mass is 10.1. The predicted octanol–water partition coefficient (Wildman–Crippen LogP) is 2.38. The van der Waals surface area contributed by atoms with Crippen LogP contribution in [0.15, 0.2) is 81.2 Å². The molecule has 2 N–H and O–H groups in total. The second-order valence-electron chi connectivity index (χ2n) is 9.04. The summed E-state index contributed by atoms with van der Waals surface area (Å²) in [7, 11) is -1.39. The Morgan fingerprint density at radius 3 is 2.27 bits per heavy atom. The van der Waals surface area contributed by atoms with E-state index in [1.807, 2.05) is 56.3 Å². The number of aromatic nitrogens is 2. The second kappa shape index (κ2) is 10.2. The molecule has 1 amide bonds. The lowest BCUT2D eigenvalue weighted by Gasteiger charge is -2.19. The van der Waals surface area contributed by atoms with Crippen LogP contribution in [-0.4, -0.2) is 29.5 Å². The summed E-state index contributed by atoms with van der Waals surface area (Å²) in [6.07, 6.45) is 0.112. The van der Waals surface area contributed by atoms with Crippen LogP contribution in [0, 0.1) is 13.8 Å². The fourth-order valence-corrected chi connectivity index (χ4v) is 5.30. The summed E-state index contributed by atoms with van der Waals surface area (Å²) in [5.74, 6) is -0.519. The van der Waals surface area contributed by atoms with Gasteiger partial charge in [0.2, 0.25) is 15.9 Å². The van der Waals surface area contributed by atoms with Crippen LogP contribution in [0.1, 0.15) is 16.7 Å². The van der Waals surface area contributed by atoms with Crippen molar-refractivity contribution in [3.8, 4) is 0 Å². The number of fused-ring (bicyclic) bond motifs is 1. The molecule has 1 aromatic heterocycles. The molecule has 1 heterocycles. The molecule has 9 nitrogen and oxygen atoms in total. The van der Waals surface area contributed by atoms with Gasteiger partial charge in [-0.1, -0.05) is 36.4 Å². The molecule has 0 aliphatic rings. The predicted molar refractivity (Wildman–Crippen MR) is 143 cm³/mol. The Hall–Kier alpha value is -4.02. The van der Waals surface area contributed by atoms with Crippen molar-refractivity contribution in [1.29, 1.82) is 0 Å². The van der Waals surface area contributed by atoms with Crippen LogP contribution in [0.25, 0.3) is 10.9 Å². The third-order valence-corrected chi connectivity index (χ3v) is 7.89. The van der Waals surface area contributed by atoms with E-state index in [9.17, 15) is 22.8 Å². The summed E-state index contributed by atoms with van der Waals surface area (Å²) in [6, 6.07) is 17.4. The van der Waals surface area contributed by atoms with Gasteiger partial charge in [-0.05, 0) is 67.3 Å². The van der Waals surface area contributed by atoms with Crippen molar-refractivity contribution < 1.29 is 13.2 Å². The number of nitrogens with one attached hydrogen (secondary N) is 2. The normalized spacial score (nSPS) is 12.4. The van der Waals surface area contributed by atoms with Gasteiger partial charge in [0.05, 0.1) is 15.8 Å². The van der Waals surface area contributed by atoms with E-state index in [1.54, 1.807) is 6.07 Å². The number of carbonyl (C=O) groups excluding carboxylic acids is 1. The molecule has 0 spiro atoms. The summed E-state index contributed by atoms with van der Waals surface area (Å²) in [5.41, 5.74) is 2.57. The summed E-state index contributed by atoms with van der Waals surface area (Å²) >= 11 is 0. The molecule has 0 radical (unpaired) electrons. The second-order valence-corrected chi connectivity index (χ2v) is 10.8. The fraction of sp³-hybridized carbons (Fsp3) is 0.222. The molecular formula is C27H28N4O5S. The van der Waals surface area contributed by atoms with Gasteiger partial charge in [0.15, 0.2) is 0 Å². The molecule has 0 aliphatic carbocycles. The summed E-state index contributed by atoms with van der Waals surface area (Å²) in [6.45, 7) is 3.89. The van der Waals surface area contributed by atoms with E-state index in [0.717, 1.165) is 21.3 Å². The molecule has 3 aromatic carbocycles. The van der Waals surface area contributed by atoms with Gasteiger partial charge in [0.1, 0.15) is 6.04 Å². The summed E-state index contributed by atoms with van der Waals surface area (Å²) in [4.78, 5) is 38.0. The van der Waals surface area contributed by atoms with Gasteiger partial charge in [-0.3, -0.25) is 18.7 Å². The Morgan fingerprint density at radius 1 is 0.892 bits per heavy atom. The molecule has 1 atom stereocenters. The number of benzene rings is 3. The molecule has 37 heavy (non-hydrogen) atoms. The highest BCUT2D eigenvalue weighted by Gasteiger charge is 2.27. The van der Waals surface area contributed by atoms with Gasteiger partial charge in [-0.15, -0.1) is 0 Å².